The van der Waals surface area contributed by atoms with Crippen molar-refractivity contribution in [3.63, 3.8) is 0 Å². The minimum absolute atomic E-state index is 0.196. The summed E-state index contributed by atoms with van der Waals surface area (Å²) in [5, 5.41) is 9.46. The summed E-state index contributed by atoms with van der Waals surface area (Å²) < 4.78 is 13.6. The lowest BCUT2D eigenvalue weighted by Gasteiger charge is -2.21. The third-order valence-electron chi connectivity index (χ3n) is 2.58. The van der Waals surface area contributed by atoms with Gasteiger partial charge in [0.05, 0.1) is 6.10 Å². The molecule has 0 aliphatic heterocycles. The number of benzene rings is 1. The van der Waals surface area contributed by atoms with Gasteiger partial charge in [-0.3, -0.25) is 0 Å². The topological polar surface area (TPSA) is 46.2 Å². The zero-order valence-electron chi connectivity index (χ0n) is 10.1. The van der Waals surface area contributed by atoms with E-state index in [4.69, 9.17) is 5.73 Å². The largest absolute Gasteiger partial charge is 0.391 e. The molecule has 0 aliphatic rings. The van der Waals surface area contributed by atoms with Crippen LogP contribution in [0.25, 0.3) is 0 Å². The Bertz CT molecular complexity index is 357. The van der Waals surface area contributed by atoms with E-state index in [1.165, 1.54) is 6.07 Å². The quantitative estimate of drug-likeness (QED) is 0.826. The first-order chi connectivity index (χ1) is 7.34. The van der Waals surface area contributed by atoms with Gasteiger partial charge in [0.25, 0.3) is 0 Å². The molecule has 1 atom stereocenters. The van der Waals surface area contributed by atoms with Crippen LogP contribution in [0.2, 0.25) is 0 Å². The number of hydrogen-bond acceptors (Lipinski definition) is 2. The molecular formula is C13H20FNO. The highest BCUT2D eigenvalue weighted by atomic mass is 19.1. The predicted octanol–water partition coefficient (Wildman–Crippen LogP) is 1.99. The normalized spacial score (nSPS) is 13.9. The SMILES string of the molecule is CC(C)(C)c1cc(C[C@H](O)CN)ccc1F. The molecule has 3 N–H and O–H groups in total. The summed E-state index contributed by atoms with van der Waals surface area (Å²) in [5.74, 6) is -0.196. The lowest BCUT2D eigenvalue weighted by molar-refractivity contribution is 0.183. The van der Waals surface area contributed by atoms with Crippen LogP contribution in [-0.4, -0.2) is 17.8 Å². The summed E-state index contributed by atoms with van der Waals surface area (Å²) in [6.45, 7) is 6.12. The van der Waals surface area contributed by atoms with Gasteiger partial charge >= 0.3 is 0 Å². The monoisotopic (exact) mass is 225 g/mol. The van der Waals surface area contributed by atoms with E-state index in [1.807, 2.05) is 26.8 Å². The van der Waals surface area contributed by atoms with Crippen LogP contribution in [-0.2, 0) is 11.8 Å². The zero-order chi connectivity index (χ0) is 12.3. The molecule has 0 fully saturated rings. The fourth-order valence-corrected chi connectivity index (χ4v) is 1.63. The Kier molecular flexibility index (Phi) is 4.05. The second kappa shape index (κ2) is 4.93. The maximum Gasteiger partial charge on any atom is 0.126 e. The highest BCUT2D eigenvalue weighted by Gasteiger charge is 2.19. The number of hydrogen-bond donors (Lipinski definition) is 2. The van der Waals surface area contributed by atoms with Crippen molar-refractivity contribution >= 4 is 0 Å². The molecule has 0 radical (unpaired) electrons. The minimum atomic E-state index is -0.557. The van der Waals surface area contributed by atoms with Gasteiger partial charge in [0, 0.05) is 6.54 Å². The highest BCUT2D eigenvalue weighted by molar-refractivity contribution is 5.30. The molecule has 1 rings (SSSR count). The van der Waals surface area contributed by atoms with Gasteiger partial charge in [0.2, 0.25) is 0 Å². The molecule has 0 saturated carbocycles. The lowest BCUT2D eigenvalue weighted by atomic mass is 9.85. The van der Waals surface area contributed by atoms with Crippen LogP contribution >= 0.6 is 0 Å². The Morgan fingerprint density at radius 1 is 1.38 bits per heavy atom. The first kappa shape index (κ1) is 13.1. The van der Waals surface area contributed by atoms with Gasteiger partial charge in [-0.1, -0.05) is 32.9 Å². The number of nitrogens with two attached hydrogens (primary N) is 1. The van der Waals surface area contributed by atoms with Gasteiger partial charge in [-0.05, 0) is 29.0 Å². The van der Waals surface area contributed by atoms with E-state index in [9.17, 15) is 9.50 Å². The van der Waals surface area contributed by atoms with Crippen molar-refractivity contribution in [1.82, 2.24) is 0 Å². The van der Waals surface area contributed by atoms with E-state index in [2.05, 4.69) is 0 Å². The standard InChI is InChI=1S/C13H20FNO/c1-13(2,3)11-7-9(4-5-12(11)14)6-10(16)8-15/h4-5,7,10,16H,6,8,15H2,1-3H3/t10-/m0/s1. The van der Waals surface area contributed by atoms with Gasteiger partial charge in [-0.2, -0.15) is 0 Å². The average molecular weight is 225 g/mol. The smallest absolute Gasteiger partial charge is 0.126 e. The molecule has 1 aromatic rings. The van der Waals surface area contributed by atoms with Gasteiger partial charge < -0.3 is 10.8 Å². The summed E-state index contributed by atoms with van der Waals surface area (Å²) in [6, 6.07) is 4.97. The molecule has 0 heterocycles. The van der Waals surface area contributed by atoms with Crippen molar-refractivity contribution in [2.45, 2.75) is 38.7 Å². The molecular weight excluding hydrogens is 205 g/mol. The Morgan fingerprint density at radius 3 is 2.50 bits per heavy atom. The number of aliphatic hydroxyl groups is 1. The maximum atomic E-state index is 13.6. The van der Waals surface area contributed by atoms with Gasteiger partial charge in [-0.15, -0.1) is 0 Å². The number of rotatable bonds is 3. The Hall–Kier alpha value is -0.930. The first-order valence-electron chi connectivity index (χ1n) is 5.51. The highest BCUT2D eigenvalue weighted by Crippen LogP contribution is 2.26. The van der Waals surface area contributed by atoms with Crippen LogP contribution < -0.4 is 5.73 Å². The third kappa shape index (κ3) is 3.29. The van der Waals surface area contributed by atoms with Crippen molar-refractivity contribution in [2.75, 3.05) is 6.54 Å². The van der Waals surface area contributed by atoms with Gasteiger partial charge in [0.1, 0.15) is 5.82 Å². The second-order valence-electron chi connectivity index (χ2n) is 5.16. The van der Waals surface area contributed by atoms with Crippen molar-refractivity contribution in [3.8, 4) is 0 Å². The summed E-state index contributed by atoms with van der Waals surface area (Å²) in [7, 11) is 0. The molecule has 90 valence electrons. The van der Waals surface area contributed by atoms with Crippen LogP contribution in [0.3, 0.4) is 0 Å². The molecule has 0 aromatic heterocycles. The average Bonchev–Trinajstić information content (AvgIpc) is 2.19. The van der Waals surface area contributed by atoms with Crippen LogP contribution in [0, 0.1) is 5.82 Å². The lowest BCUT2D eigenvalue weighted by Crippen LogP contribution is -2.22. The van der Waals surface area contributed by atoms with E-state index < -0.39 is 6.10 Å². The molecule has 0 amide bonds. The fraction of sp³-hybridized carbons (Fsp3) is 0.538. The van der Waals surface area contributed by atoms with E-state index in [-0.39, 0.29) is 17.8 Å². The molecule has 0 bridgehead atoms. The Morgan fingerprint density at radius 2 is 2.00 bits per heavy atom. The van der Waals surface area contributed by atoms with E-state index in [0.717, 1.165) is 5.56 Å². The van der Waals surface area contributed by atoms with Crippen LogP contribution in [0.5, 0.6) is 0 Å². The predicted molar refractivity (Wildman–Crippen MR) is 63.9 cm³/mol. The summed E-state index contributed by atoms with van der Waals surface area (Å²) in [5.41, 5.74) is 6.72. The Balaban J connectivity index is 2.99. The summed E-state index contributed by atoms with van der Waals surface area (Å²) in [6.07, 6.45) is -0.0851. The Labute approximate surface area is 96.3 Å². The van der Waals surface area contributed by atoms with Crippen molar-refractivity contribution in [1.29, 1.82) is 0 Å². The molecule has 0 saturated heterocycles. The van der Waals surface area contributed by atoms with Crippen LogP contribution in [0.4, 0.5) is 4.39 Å². The van der Waals surface area contributed by atoms with Crippen molar-refractivity contribution < 1.29 is 9.50 Å². The molecule has 1 aromatic carbocycles. The summed E-state index contributed by atoms with van der Waals surface area (Å²) >= 11 is 0. The van der Waals surface area contributed by atoms with E-state index in [0.29, 0.717) is 12.0 Å². The molecule has 16 heavy (non-hydrogen) atoms. The molecule has 2 nitrogen and oxygen atoms in total. The maximum absolute atomic E-state index is 13.6. The molecule has 0 spiro atoms. The van der Waals surface area contributed by atoms with Gasteiger partial charge in [-0.25, -0.2) is 4.39 Å². The van der Waals surface area contributed by atoms with E-state index >= 15 is 0 Å². The molecule has 0 aliphatic carbocycles. The molecule has 3 heteroatoms. The first-order valence-corrected chi connectivity index (χ1v) is 5.51. The second-order valence-corrected chi connectivity index (χ2v) is 5.16. The zero-order valence-corrected chi connectivity index (χ0v) is 10.1. The van der Waals surface area contributed by atoms with Crippen molar-refractivity contribution in [3.05, 3.63) is 35.1 Å². The summed E-state index contributed by atoms with van der Waals surface area (Å²) in [4.78, 5) is 0. The van der Waals surface area contributed by atoms with Crippen LogP contribution in [0.1, 0.15) is 31.9 Å². The minimum Gasteiger partial charge on any atom is -0.391 e. The van der Waals surface area contributed by atoms with Crippen molar-refractivity contribution in [2.24, 2.45) is 5.73 Å². The van der Waals surface area contributed by atoms with E-state index in [1.54, 1.807) is 6.07 Å². The third-order valence-corrected chi connectivity index (χ3v) is 2.58. The fourth-order valence-electron chi connectivity index (χ4n) is 1.63. The van der Waals surface area contributed by atoms with Crippen LogP contribution in [0.15, 0.2) is 18.2 Å². The number of halogens is 1. The molecule has 0 unspecified atom stereocenters. The number of aliphatic hydroxyl groups excluding tert-OH is 1. The van der Waals surface area contributed by atoms with Gasteiger partial charge in [0.15, 0.2) is 0 Å².